The van der Waals surface area contributed by atoms with E-state index in [0.717, 1.165) is 18.5 Å². The quantitative estimate of drug-likeness (QED) is 0.878. The van der Waals surface area contributed by atoms with Gasteiger partial charge in [-0.3, -0.25) is 4.79 Å². The standard InChI is InChI=1S/C16H21N3O/c1-3-13(2)16(20)18-10-14-4-6-15(7-5-14)11-19-9-8-17-12-19/h4-9,12-13H,3,10-11H2,1-2H3,(H,18,20). The number of carbonyl (C=O) groups is 1. The third-order valence-corrected chi connectivity index (χ3v) is 3.47. The minimum atomic E-state index is 0.0792. The normalized spacial score (nSPS) is 12.1. The monoisotopic (exact) mass is 271 g/mol. The van der Waals surface area contributed by atoms with E-state index < -0.39 is 0 Å². The van der Waals surface area contributed by atoms with Crippen LogP contribution in [0.3, 0.4) is 0 Å². The summed E-state index contributed by atoms with van der Waals surface area (Å²) in [5.41, 5.74) is 2.34. The van der Waals surface area contributed by atoms with Crippen LogP contribution in [0.1, 0.15) is 31.4 Å². The van der Waals surface area contributed by atoms with Gasteiger partial charge in [-0.05, 0) is 17.5 Å². The van der Waals surface area contributed by atoms with E-state index in [1.54, 1.807) is 12.5 Å². The van der Waals surface area contributed by atoms with E-state index >= 15 is 0 Å². The molecule has 0 aliphatic carbocycles. The molecule has 0 radical (unpaired) electrons. The average molecular weight is 271 g/mol. The zero-order valence-electron chi connectivity index (χ0n) is 12.0. The van der Waals surface area contributed by atoms with E-state index in [9.17, 15) is 4.79 Å². The Hall–Kier alpha value is -2.10. The van der Waals surface area contributed by atoms with Crippen molar-refractivity contribution in [3.63, 3.8) is 0 Å². The zero-order valence-corrected chi connectivity index (χ0v) is 12.0. The number of benzene rings is 1. The first-order valence-electron chi connectivity index (χ1n) is 7.00. The number of hydrogen-bond donors (Lipinski definition) is 1. The first kappa shape index (κ1) is 14.3. The minimum Gasteiger partial charge on any atom is -0.352 e. The Labute approximate surface area is 119 Å². The molecule has 4 heteroatoms. The first-order chi connectivity index (χ1) is 9.69. The average Bonchev–Trinajstić information content (AvgIpc) is 2.98. The van der Waals surface area contributed by atoms with Crippen LogP contribution >= 0.6 is 0 Å². The second-order valence-corrected chi connectivity index (χ2v) is 5.08. The molecule has 2 aromatic rings. The van der Waals surface area contributed by atoms with Crippen LogP contribution in [0.25, 0.3) is 0 Å². The van der Waals surface area contributed by atoms with Crippen molar-refractivity contribution in [3.8, 4) is 0 Å². The second-order valence-electron chi connectivity index (χ2n) is 5.08. The van der Waals surface area contributed by atoms with E-state index in [1.165, 1.54) is 5.56 Å². The lowest BCUT2D eigenvalue weighted by Gasteiger charge is -2.10. The van der Waals surface area contributed by atoms with Gasteiger partial charge in [0.25, 0.3) is 0 Å². The number of carbonyl (C=O) groups excluding carboxylic acids is 1. The van der Waals surface area contributed by atoms with Crippen molar-refractivity contribution in [1.82, 2.24) is 14.9 Å². The lowest BCUT2D eigenvalue weighted by molar-refractivity contribution is -0.124. The molecule has 0 aliphatic rings. The predicted octanol–water partition coefficient (Wildman–Crippen LogP) is 2.59. The lowest BCUT2D eigenvalue weighted by Crippen LogP contribution is -2.28. The zero-order chi connectivity index (χ0) is 14.4. The van der Waals surface area contributed by atoms with Crippen molar-refractivity contribution in [2.75, 3.05) is 0 Å². The van der Waals surface area contributed by atoms with Crippen LogP contribution in [0.4, 0.5) is 0 Å². The van der Waals surface area contributed by atoms with Gasteiger partial charge in [0, 0.05) is 31.4 Å². The van der Waals surface area contributed by atoms with Crippen LogP contribution < -0.4 is 5.32 Å². The first-order valence-corrected chi connectivity index (χ1v) is 7.00. The summed E-state index contributed by atoms with van der Waals surface area (Å²) in [6.07, 6.45) is 6.40. The molecular formula is C16H21N3O. The van der Waals surface area contributed by atoms with Crippen molar-refractivity contribution >= 4 is 5.91 Å². The Morgan fingerprint density at radius 3 is 2.60 bits per heavy atom. The molecule has 0 spiro atoms. The summed E-state index contributed by atoms with van der Waals surface area (Å²) < 4.78 is 2.03. The summed E-state index contributed by atoms with van der Waals surface area (Å²) in [6, 6.07) is 8.29. The highest BCUT2D eigenvalue weighted by Gasteiger charge is 2.09. The Morgan fingerprint density at radius 2 is 2.00 bits per heavy atom. The molecule has 1 aromatic heterocycles. The number of rotatable bonds is 6. The van der Waals surface area contributed by atoms with Gasteiger partial charge in [0.05, 0.1) is 6.33 Å². The minimum absolute atomic E-state index is 0.0792. The number of amides is 1. The third kappa shape index (κ3) is 3.95. The Morgan fingerprint density at radius 1 is 1.30 bits per heavy atom. The highest BCUT2D eigenvalue weighted by molar-refractivity contribution is 5.78. The topological polar surface area (TPSA) is 46.9 Å². The van der Waals surface area contributed by atoms with Crippen molar-refractivity contribution in [1.29, 1.82) is 0 Å². The van der Waals surface area contributed by atoms with Crippen LogP contribution in [-0.2, 0) is 17.9 Å². The van der Waals surface area contributed by atoms with Crippen molar-refractivity contribution in [2.45, 2.75) is 33.4 Å². The summed E-state index contributed by atoms with van der Waals surface area (Å²) in [4.78, 5) is 15.7. The molecule has 0 saturated carbocycles. The molecule has 1 N–H and O–H groups in total. The molecule has 1 unspecified atom stereocenters. The summed E-state index contributed by atoms with van der Waals surface area (Å²) in [5.74, 6) is 0.200. The lowest BCUT2D eigenvalue weighted by atomic mass is 10.1. The van der Waals surface area contributed by atoms with Gasteiger partial charge < -0.3 is 9.88 Å². The van der Waals surface area contributed by atoms with Gasteiger partial charge in [0.1, 0.15) is 0 Å². The number of aromatic nitrogens is 2. The fourth-order valence-electron chi connectivity index (χ4n) is 1.90. The highest BCUT2D eigenvalue weighted by Crippen LogP contribution is 2.07. The molecule has 2 rings (SSSR count). The van der Waals surface area contributed by atoms with Crippen LogP contribution in [0.15, 0.2) is 43.0 Å². The smallest absolute Gasteiger partial charge is 0.223 e. The van der Waals surface area contributed by atoms with Gasteiger partial charge in [-0.25, -0.2) is 4.98 Å². The molecule has 0 fully saturated rings. The van der Waals surface area contributed by atoms with Crippen LogP contribution in [0, 0.1) is 5.92 Å². The predicted molar refractivity (Wildman–Crippen MR) is 79.1 cm³/mol. The molecule has 0 bridgehead atoms. The number of hydrogen-bond acceptors (Lipinski definition) is 2. The maximum atomic E-state index is 11.7. The highest BCUT2D eigenvalue weighted by atomic mass is 16.1. The number of imidazole rings is 1. The Balaban J connectivity index is 1.87. The molecule has 0 aliphatic heterocycles. The molecule has 1 atom stereocenters. The van der Waals surface area contributed by atoms with E-state index in [4.69, 9.17) is 0 Å². The fourth-order valence-corrected chi connectivity index (χ4v) is 1.90. The molecule has 0 saturated heterocycles. The van der Waals surface area contributed by atoms with Gasteiger partial charge in [0.15, 0.2) is 0 Å². The molecular weight excluding hydrogens is 250 g/mol. The number of nitrogens with one attached hydrogen (secondary N) is 1. The maximum Gasteiger partial charge on any atom is 0.223 e. The third-order valence-electron chi connectivity index (χ3n) is 3.47. The van der Waals surface area contributed by atoms with Gasteiger partial charge in [-0.2, -0.15) is 0 Å². The van der Waals surface area contributed by atoms with Gasteiger partial charge in [-0.1, -0.05) is 38.1 Å². The van der Waals surface area contributed by atoms with E-state index in [-0.39, 0.29) is 11.8 Å². The van der Waals surface area contributed by atoms with Gasteiger partial charge in [0.2, 0.25) is 5.91 Å². The van der Waals surface area contributed by atoms with Gasteiger partial charge in [-0.15, -0.1) is 0 Å². The molecule has 106 valence electrons. The molecule has 1 heterocycles. The fraction of sp³-hybridized carbons (Fsp3) is 0.375. The Kier molecular flexibility index (Phi) is 4.93. The van der Waals surface area contributed by atoms with Gasteiger partial charge >= 0.3 is 0 Å². The summed E-state index contributed by atoms with van der Waals surface area (Å²) in [7, 11) is 0. The molecule has 20 heavy (non-hydrogen) atoms. The van der Waals surface area contributed by atoms with Crippen LogP contribution in [-0.4, -0.2) is 15.5 Å². The largest absolute Gasteiger partial charge is 0.352 e. The summed E-state index contributed by atoms with van der Waals surface area (Å²) >= 11 is 0. The molecule has 1 amide bonds. The van der Waals surface area contributed by atoms with Crippen molar-refractivity contribution < 1.29 is 4.79 Å². The van der Waals surface area contributed by atoms with E-state index in [2.05, 4.69) is 34.6 Å². The maximum absolute atomic E-state index is 11.7. The van der Waals surface area contributed by atoms with E-state index in [0.29, 0.717) is 6.54 Å². The molecule has 1 aromatic carbocycles. The van der Waals surface area contributed by atoms with E-state index in [1.807, 2.05) is 24.6 Å². The van der Waals surface area contributed by atoms with Crippen LogP contribution in [0.5, 0.6) is 0 Å². The summed E-state index contributed by atoms with van der Waals surface area (Å²) in [5, 5.41) is 2.96. The van der Waals surface area contributed by atoms with Crippen molar-refractivity contribution in [2.24, 2.45) is 5.92 Å². The summed E-state index contributed by atoms with van der Waals surface area (Å²) in [6.45, 7) is 5.38. The SMILES string of the molecule is CCC(C)C(=O)NCc1ccc(Cn2ccnc2)cc1. The van der Waals surface area contributed by atoms with Crippen molar-refractivity contribution in [3.05, 3.63) is 54.1 Å². The number of nitrogens with zero attached hydrogens (tertiary/aromatic N) is 2. The van der Waals surface area contributed by atoms with Crippen LogP contribution in [0.2, 0.25) is 0 Å². The molecule has 4 nitrogen and oxygen atoms in total. The second kappa shape index (κ2) is 6.89. The Bertz CT molecular complexity index is 531.